The van der Waals surface area contributed by atoms with Crippen LogP contribution in [0.2, 0.25) is 0 Å². The van der Waals surface area contributed by atoms with Gasteiger partial charge in [0, 0.05) is 22.4 Å². The molecule has 0 saturated carbocycles. The van der Waals surface area contributed by atoms with Gasteiger partial charge in [-0.3, -0.25) is 0 Å². The van der Waals surface area contributed by atoms with Gasteiger partial charge in [-0.25, -0.2) is 0 Å². The van der Waals surface area contributed by atoms with Crippen LogP contribution in [0.25, 0.3) is 0 Å². The van der Waals surface area contributed by atoms with Gasteiger partial charge in [0.15, 0.2) is 0 Å². The van der Waals surface area contributed by atoms with Gasteiger partial charge >= 0.3 is 0 Å². The fraction of sp³-hybridized carbons (Fsp3) is 0.556. The van der Waals surface area contributed by atoms with Crippen LogP contribution in [0.4, 0.5) is 0 Å². The van der Waals surface area contributed by atoms with Crippen molar-refractivity contribution in [1.82, 2.24) is 10.3 Å². The number of piperidine rings is 1. The summed E-state index contributed by atoms with van der Waals surface area (Å²) in [6.07, 6.45) is 5.91. The summed E-state index contributed by atoms with van der Waals surface area (Å²) in [6, 6.07) is 2.70. The molecule has 0 spiro atoms. The summed E-state index contributed by atoms with van der Waals surface area (Å²) in [7, 11) is 0. The molecule has 66 valence electrons. The van der Waals surface area contributed by atoms with E-state index in [-0.39, 0.29) is 0 Å². The highest BCUT2D eigenvalue weighted by Gasteiger charge is 2.15. The lowest BCUT2D eigenvalue weighted by atomic mass is 10.0. The largest absolute Gasteiger partial charge is 0.363 e. The summed E-state index contributed by atoms with van der Waals surface area (Å²) < 4.78 is 1.14. The minimum absolute atomic E-state index is 0.546. The molecule has 1 aromatic rings. The quantitative estimate of drug-likeness (QED) is 0.761. The molecule has 1 saturated heterocycles. The van der Waals surface area contributed by atoms with Gasteiger partial charge < -0.3 is 10.3 Å². The Morgan fingerprint density at radius 3 is 2.92 bits per heavy atom. The van der Waals surface area contributed by atoms with Crippen LogP contribution in [0.1, 0.15) is 31.0 Å². The van der Waals surface area contributed by atoms with E-state index in [9.17, 15) is 0 Å². The molecule has 2 rings (SSSR count). The van der Waals surface area contributed by atoms with E-state index in [4.69, 9.17) is 0 Å². The van der Waals surface area contributed by atoms with Gasteiger partial charge in [-0.15, -0.1) is 0 Å². The van der Waals surface area contributed by atoms with Crippen LogP contribution >= 0.6 is 15.9 Å². The average molecular weight is 229 g/mol. The number of halogens is 1. The van der Waals surface area contributed by atoms with Crippen molar-refractivity contribution in [2.24, 2.45) is 0 Å². The second kappa shape index (κ2) is 3.62. The Morgan fingerprint density at radius 2 is 2.33 bits per heavy atom. The molecular formula is C9H13BrN2. The lowest BCUT2D eigenvalue weighted by molar-refractivity contribution is 0.406. The maximum atomic E-state index is 3.50. The Labute approximate surface area is 80.9 Å². The monoisotopic (exact) mass is 228 g/mol. The van der Waals surface area contributed by atoms with Crippen molar-refractivity contribution in [2.75, 3.05) is 6.54 Å². The first-order valence-corrected chi connectivity index (χ1v) is 5.23. The third-order valence-corrected chi connectivity index (χ3v) is 2.81. The van der Waals surface area contributed by atoms with Gasteiger partial charge in [0.25, 0.3) is 0 Å². The van der Waals surface area contributed by atoms with Crippen LogP contribution in [0.15, 0.2) is 16.7 Å². The highest BCUT2D eigenvalue weighted by Crippen LogP contribution is 2.23. The molecule has 2 heterocycles. The minimum Gasteiger partial charge on any atom is -0.363 e. The molecule has 0 bridgehead atoms. The Hall–Kier alpha value is -0.280. The normalized spacial score (nSPS) is 24.2. The summed E-state index contributed by atoms with van der Waals surface area (Å²) in [4.78, 5) is 3.27. The SMILES string of the molecule is Brc1c[nH]c([C@H]2CCCCN2)c1. The maximum absolute atomic E-state index is 3.50. The van der Waals surface area contributed by atoms with Crippen molar-refractivity contribution in [1.29, 1.82) is 0 Å². The predicted molar refractivity (Wildman–Crippen MR) is 53.1 cm³/mol. The second-order valence-electron chi connectivity index (χ2n) is 3.28. The van der Waals surface area contributed by atoms with Gasteiger partial charge in [0.2, 0.25) is 0 Å². The highest BCUT2D eigenvalue weighted by molar-refractivity contribution is 9.10. The standard InChI is InChI=1S/C9H13BrN2/c10-7-5-9(12-6-7)8-3-1-2-4-11-8/h5-6,8,11-12H,1-4H2/t8-/m1/s1. The van der Waals surface area contributed by atoms with Gasteiger partial charge in [0.05, 0.1) is 0 Å². The summed E-state index contributed by atoms with van der Waals surface area (Å²) in [6.45, 7) is 1.15. The number of aromatic amines is 1. The average Bonchev–Trinajstić information content (AvgIpc) is 2.54. The van der Waals surface area contributed by atoms with Crippen LogP contribution in [-0.4, -0.2) is 11.5 Å². The molecule has 1 fully saturated rings. The van der Waals surface area contributed by atoms with Crippen molar-refractivity contribution in [2.45, 2.75) is 25.3 Å². The van der Waals surface area contributed by atoms with E-state index >= 15 is 0 Å². The molecule has 1 aliphatic rings. The number of aromatic nitrogens is 1. The molecule has 0 amide bonds. The van der Waals surface area contributed by atoms with Crippen LogP contribution in [0.5, 0.6) is 0 Å². The van der Waals surface area contributed by atoms with Gasteiger partial charge in [-0.1, -0.05) is 6.42 Å². The first-order valence-electron chi connectivity index (χ1n) is 4.43. The smallest absolute Gasteiger partial charge is 0.0473 e. The third-order valence-electron chi connectivity index (χ3n) is 2.36. The first-order chi connectivity index (χ1) is 5.86. The molecule has 0 unspecified atom stereocenters. The van der Waals surface area contributed by atoms with Crippen molar-refractivity contribution in [3.8, 4) is 0 Å². The van der Waals surface area contributed by atoms with E-state index < -0.39 is 0 Å². The van der Waals surface area contributed by atoms with Crippen molar-refractivity contribution < 1.29 is 0 Å². The van der Waals surface area contributed by atoms with Crippen molar-refractivity contribution in [3.63, 3.8) is 0 Å². The maximum Gasteiger partial charge on any atom is 0.0473 e. The number of rotatable bonds is 1. The molecule has 1 aliphatic heterocycles. The molecule has 0 radical (unpaired) electrons. The van der Waals surface area contributed by atoms with Gasteiger partial charge in [-0.2, -0.15) is 0 Å². The molecule has 3 heteroatoms. The molecule has 0 aliphatic carbocycles. The van der Waals surface area contributed by atoms with E-state index in [0.29, 0.717) is 6.04 Å². The molecule has 12 heavy (non-hydrogen) atoms. The first kappa shape index (κ1) is 8.32. The fourth-order valence-corrected chi connectivity index (χ4v) is 2.06. The van der Waals surface area contributed by atoms with E-state index in [0.717, 1.165) is 11.0 Å². The number of hydrogen-bond donors (Lipinski definition) is 2. The summed E-state index contributed by atoms with van der Waals surface area (Å²) in [5.74, 6) is 0. The third kappa shape index (κ3) is 1.72. The minimum atomic E-state index is 0.546. The Morgan fingerprint density at radius 1 is 1.42 bits per heavy atom. The molecule has 2 nitrogen and oxygen atoms in total. The van der Waals surface area contributed by atoms with Crippen LogP contribution < -0.4 is 5.32 Å². The zero-order valence-electron chi connectivity index (χ0n) is 6.94. The van der Waals surface area contributed by atoms with Crippen LogP contribution in [-0.2, 0) is 0 Å². The number of hydrogen-bond acceptors (Lipinski definition) is 1. The highest BCUT2D eigenvalue weighted by atomic mass is 79.9. The molecule has 0 aromatic carbocycles. The Balaban J connectivity index is 2.08. The summed E-state index contributed by atoms with van der Waals surface area (Å²) >= 11 is 3.44. The lowest BCUT2D eigenvalue weighted by Crippen LogP contribution is -2.26. The fourth-order valence-electron chi connectivity index (χ4n) is 1.70. The Kier molecular flexibility index (Phi) is 2.51. The van der Waals surface area contributed by atoms with Crippen molar-refractivity contribution >= 4 is 15.9 Å². The Bertz CT molecular complexity index is 251. The van der Waals surface area contributed by atoms with Crippen LogP contribution in [0.3, 0.4) is 0 Å². The topological polar surface area (TPSA) is 27.8 Å². The molecule has 1 atom stereocenters. The summed E-state index contributed by atoms with van der Waals surface area (Å²) in [5.41, 5.74) is 1.31. The van der Waals surface area contributed by atoms with E-state index in [2.05, 4.69) is 32.3 Å². The lowest BCUT2D eigenvalue weighted by Gasteiger charge is -2.22. The van der Waals surface area contributed by atoms with Crippen molar-refractivity contribution in [3.05, 3.63) is 22.4 Å². The molecule has 1 aromatic heterocycles. The zero-order valence-corrected chi connectivity index (χ0v) is 8.52. The second-order valence-corrected chi connectivity index (χ2v) is 4.19. The van der Waals surface area contributed by atoms with Gasteiger partial charge in [-0.05, 0) is 41.4 Å². The van der Waals surface area contributed by atoms with E-state index in [1.54, 1.807) is 0 Å². The van der Waals surface area contributed by atoms with E-state index in [1.807, 2.05) is 6.20 Å². The number of H-pyrrole nitrogens is 1. The predicted octanol–water partition coefficient (Wildman–Crippen LogP) is 2.59. The molecule has 2 N–H and O–H groups in total. The van der Waals surface area contributed by atoms with Gasteiger partial charge in [0.1, 0.15) is 0 Å². The molecular weight excluding hydrogens is 216 g/mol. The van der Waals surface area contributed by atoms with Crippen LogP contribution in [0, 0.1) is 0 Å². The summed E-state index contributed by atoms with van der Waals surface area (Å²) in [5, 5.41) is 3.50. The number of nitrogens with one attached hydrogen (secondary N) is 2. The zero-order chi connectivity index (χ0) is 8.39. The van der Waals surface area contributed by atoms with E-state index in [1.165, 1.54) is 25.0 Å².